The number of aliphatic hydroxyl groups is 1. The molecule has 4 nitrogen and oxygen atoms in total. The Hall–Kier alpha value is -0.130. The van der Waals surface area contributed by atoms with Gasteiger partial charge < -0.3 is 10.4 Å². The number of aliphatic hydroxyl groups excluding tert-OH is 1. The molecule has 4 unspecified atom stereocenters. The third-order valence-corrected chi connectivity index (χ3v) is 6.96. The van der Waals surface area contributed by atoms with Crippen LogP contribution in [0.2, 0.25) is 0 Å². The van der Waals surface area contributed by atoms with E-state index in [1.165, 1.54) is 6.26 Å². The van der Waals surface area contributed by atoms with Gasteiger partial charge in [-0.3, -0.25) is 0 Å². The number of nitrogens with one attached hydrogen (secondary N) is 1. The Morgan fingerprint density at radius 3 is 2.45 bits per heavy atom. The molecule has 0 aromatic rings. The summed E-state index contributed by atoms with van der Waals surface area (Å²) in [7, 11) is -2.99. The van der Waals surface area contributed by atoms with Crippen LogP contribution in [0.3, 0.4) is 0 Å². The summed E-state index contributed by atoms with van der Waals surface area (Å²) < 4.78 is 23.8. The Morgan fingerprint density at radius 2 is 1.80 bits per heavy atom. The highest BCUT2D eigenvalue weighted by Crippen LogP contribution is 2.36. The zero-order chi connectivity index (χ0) is 14.8. The molecule has 2 N–H and O–H groups in total. The second-order valence-corrected chi connectivity index (χ2v) is 9.32. The molecule has 2 fully saturated rings. The van der Waals surface area contributed by atoms with Gasteiger partial charge >= 0.3 is 0 Å². The molecule has 20 heavy (non-hydrogen) atoms. The molecular formula is C15H29NO3S. The lowest BCUT2D eigenvalue weighted by Crippen LogP contribution is -2.52. The SMILES string of the molecule is CC1(CNC2CCCCC2S(C)(=O)=O)CCCCC1O. The number of hydrogen-bond donors (Lipinski definition) is 2. The first kappa shape index (κ1) is 16.2. The van der Waals surface area contributed by atoms with Crippen molar-refractivity contribution < 1.29 is 13.5 Å². The van der Waals surface area contributed by atoms with E-state index in [1.54, 1.807) is 0 Å². The third-order valence-electron chi connectivity index (χ3n) is 5.30. The van der Waals surface area contributed by atoms with E-state index in [-0.39, 0.29) is 22.8 Å². The first-order valence-corrected chi connectivity index (χ1v) is 9.89. The largest absolute Gasteiger partial charge is 0.393 e. The molecule has 0 amide bonds. The summed E-state index contributed by atoms with van der Waals surface area (Å²) in [6.07, 6.45) is 9.08. The molecular weight excluding hydrogens is 274 g/mol. The van der Waals surface area contributed by atoms with E-state index in [9.17, 15) is 13.5 Å². The first-order valence-electron chi connectivity index (χ1n) is 7.93. The van der Waals surface area contributed by atoms with E-state index in [4.69, 9.17) is 0 Å². The number of sulfone groups is 1. The second-order valence-electron chi connectivity index (χ2n) is 7.06. The molecule has 5 heteroatoms. The zero-order valence-corrected chi connectivity index (χ0v) is 13.6. The number of rotatable bonds is 4. The predicted molar refractivity (Wildman–Crippen MR) is 81.5 cm³/mol. The van der Waals surface area contributed by atoms with Crippen molar-refractivity contribution in [3.8, 4) is 0 Å². The highest BCUT2D eigenvalue weighted by Gasteiger charge is 2.38. The molecule has 2 aliphatic rings. The highest BCUT2D eigenvalue weighted by molar-refractivity contribution is 7.91. The summed E-state index contributed by atoms with van der Waals surface area (Å²) in [6.45, 7) is 2.85. The van der Waals surface area contributed by atoms with Gasteiger partial charge in [0.2, 0.25) is 0 Å². The number of hydrogen-bond acceptors (Lipinski definition) is 4. The van der Waals surface area contributed by atoms with E-state index >= 15 is 0 Å². The maximum Gasteiger partial charge on any atom is 0.151 e. The van der Waals surface area contributed by atoms with Crippen LogP contribution in [0.25, 0.3) is 0 Å². The summed E-state index contributed by atoms with van der Waals surface area (Å²) in [5.74, 6) is 0. The first-order chi connectivity index (χ1) is 9.33. The normalized spacial score (nSPS) is 39.6. The van der Waals surface area contributed by atoms with E-state index in [2.05, 4.69) is 12.2 Å². The molecule has 0 saturated heterocycles. The van der Waals surface area contributed by atoms with Gasteiger partial charge in [-0.15, -0.1) is 0 Å². The summed E-state index contributed by atoms with van der Waals surface area (Å²) in [6, 6.07) is 0.0599. The van der Waals surface area contributed by atoms with Crippen LogP contribution in [0.1, 0.15) is 58.3 Å². The van der Waals surface area contributed by atoms with Gasteiger partial charge in [-0.1, -0.05) is 32.6 Å². The van der Waals surface area contributed by atoms with E-state index < -0.39 is 9.84 Å². The summed E-state index contributed by atoms with van der Waals surface area (Å²) in [4.78, 5) is 0. The van der Waals surface area contributed by atoms with Crippen LogP contribution in [0.4, 0.5) is 0 Å². The highest BCUT2D eigenvalue weighted by atomic mass is 32.2. The van der Waals surface area contributed by atoms with Crippen molar-refractivity contribution in [2.24, 2.45) is 5.41 Å². The van der Waals surface area contributed by atoms with Gasteiger partial charge in [0, 0.05) is 24.3 Å². The lowest BCUT2D eigenvalue weighted by atomic mass is 9.73. The molecule has 4 atom stereocenters. The predicted octanol–water partition coefficient (Wildman–Crippen LogP) is 1.87. The molecule has 0 spiro atoms. The van der Waals surface area contributed by atoms with Crippen LogP contribution in [0.5, 0.6) is 0 Å². The maximum absolute atomic E-state index is 11.9. The van der Waals surface area contributed by atoms with Crippen LogP contribution < -0.4 is 5.32 Å². The van der Waals surface area contributed by atoms with Gasteiger partial charge in [0.1, 0.15) is 0 Å². The minimum atomic E-state index is -2.99. The quantitative estimate of drug-likeness (QED) is 0.832. The molecule has 118 valence electrons. The van der Waals surface area contributed by atoms with Crippen molar-refractivity contribution in [3.05, 3.63) is 0 Å². The van der Waals surface area contributed by atoms with Crippen LogP contribution in [0, 0.1) is 5.41 Å². The van der Waals surface area contributed by atoms with E-state index in [0.29, 0.717) is 0 Å². The smallest absolute Gasteiger partial charge is 0.151 e. The van der Waals surface area contributed by atoms with Gasteiger partial charge in [0.25, 0.3) is 0 Å². The fourth-order valence-electron chi connectivity index (χ4n) is 3.79. The molecule has 0 aromatic carbocycles. The molecule has 0 heterocycles. The standard InChI is InChI=1S/C15H29NO3S/c1-15(10-6-5-9-14(15)17)11-16-12-7-3-4-8-13(12)20(2,18)19/h12-14,16-17H,3-11H2,1-2H3. The Bertz CT molecular complexity index is 423. The lowest BCUT2D eigenvalue weighted by Gasteiger charge is -2.41. The fraction of sp³-hybridized carbons (Fsp3) is 1.00. The monoisotopic (exact) mass is 303 g/mol. The van der Waals surface area contributed by atoms with Gasteiger partial charge in [-0.05, 0) is 25.7 Å². The van der Waals surface area contributed by atoms with Gasteiger partial charge in [-0.25, -0.2) is 8.42 Å². The Labute approximate surface area is 123 Å². The summed E-state index contributed by atoms with van der Waals surface area (Å²) >= 11 is 0. The fourth-order valence-corrected chi connectivity index (χ4v) is 5.22. The van der Waals surface area contributed by atoms with Crippen LogP contribution in [0.15, 0.2) is 0 Å². The molecule has 2 rings (SSSR count). The topological polar surface area (TPSA) is 66.4 Å². The minimum absolute atomic E-state index is 0.0599. The van der Waals surface area contributed by atoms with Crippen molar-refractivity contribution in [2.45, 2.75) is 75.7 Å². The van der Waals surface area contributed by atoms with Crippen molar-refractivity contribution in [1.82, 2.24) is 5.32 Å². The third kappa shape index (κ3) is 3.74. The minimum Gasteiger partial charge on any atom is -0.393 e. The molecule has 2 saturated carbocycles. The summed E-state index contributed by atoms with van der Waals surface area (Å²) in [5, 5.41) is 13.5. The van der Waals surface area contributed by atoms with Crippen molar-refractivity contribution in [2.75, 3.05) is 12.8 Å². The van der Waals surface area contributed by atoms with Crippen LogP contribution >= 0.6 is 0 Å². The Kier molecular flexibility index (Phi) is 5.14. The van der Waals surface area contributed by atoms with Crippen LogP contribution in [-0.2, 0) is 9.84 Å². The van der Waals surface area contributed by atoms with Crippen molar-refractivity contribution in [3.63, 3.8) is 0 Å². The van der Waals surface area contributed by atoms with E-state index in [0.717, 1.165) is 57.9 Å². The average molecular weight is 303 g/mol. The van der Waals surface area contributed by atoms with Gasteiger partial charge in [-0.2, -0.15) is 0 Å². The molecule has 0 bridgehead atoms. The van der Waals surface area contributed by atoms with Gasteiger partial charge in [0.05, 0.1) is 11.4 Å². The Morgan fingerprint density at radius 1 is 1.15 bits per heavy atom. The molecule has 0 aliphatic heterocycles. The van der Waals surface area contributed by atoms with Crippen molar-refractivity contribution in [1.29, 1.82) is 0 Å². The second kappa shape index (κ2) is 6.32. The zero-order valence-electron chi connectivity index (χ0n) is 12.8. The molecule has 2 aliphatic carbocycles. The Balaban J connectivity index is 1.97. The average Bonchev–Trinajstić information content (AvgIpc) is 2.40. The van der Waals surface area contributed by atoms with Crippen molar-refractivity contribution >= 4 is 9.84 Å². The molecule has 0 radical (unpaired) electrons. The van der Waals surface area contributed by atoms with Crippen LogP contribution in [-0.4, -0.2) is 43.7 Å². The lowest BCUT2D eigenvalue weighted by molar-refractivity contribution is -0.000839. The summed E-state index contributed by atoms with van der Waals surface area (Å²) in [5.41, 5.74) is -0.0995. The van der Waals surface area contributed by atoms with Gasteiger partial charge in [0.15, 0.2) is 9.84 Å². The maximum atomic E-state index is 11.9. The van der Waals surface area contributed by atoms with E-state index in [1.807, 2.05) is 0 Å². The molecule has 0 aromatic heterocycles.